The highest BCUT2D eigenvalue weighted by atomic mass is 32.2. The van der Waals surface area contributed by atoms with Gasteiger partial charge >= 0.3 is 0 Å². The predicted molar refractivity (Wildman–Crippen MR) is 70.0 cm³/mol. The molecule has 0 aliphatic rings. The summed E-state index contributed by atoms with van der Waals surface area (Å²) in [6.45, 7) is 1.31. The lowest BCUT2D eigenvalue weighted by Gasteiger charge is -2.02. The number of aromatic nitrogens is 4. The smallest absolute Gasteiger partial charge is 0.236 e. The first-order chi connectivity index (χ1) is 9.65. The predicted octanol–water partition coefficient (Wildman–Crippen LogP) is 0.549. The average molecular weight is 294 g/mol. The Balaban J connectivity index is 1.88. The summed E-state index contributed by atoms with van der Waals surface area (Å²) in [6, 6.07) is 1.69. The van der Waals surface area contributed by atoms with Crippen molar-refractivity contribution in [3.05, 3.63) is 18.5 Å². The molecule has 104 valence electrons. The lowest BCUT2D eigenvalue weighted by Crippen LogP contribution is -2.17. The van der Waals surface area contributed by atoms with Gasteiger partial charge in [-0.2, -0.15) is 0 Å². The van der Waals surface area contributed by atoms with Crippen molar-refractivity contribution >= 4 is 35.2 Å². The number of hydrogen-bond donors (Lipinski definition) is 2. The minimum atomic E-state index is -0.344. The van der Waals surface area contributed by atoms with Gasteiger partial charge in [-0.15, -0.1) is 0 Å². The molecule has 0 aliphatic heterocycles. The fourth-order valence-electron chi connectivity index (χ4n) is 1.18. The van der Waals surface area contributed by atoms with Gasteiger partial charge in [0.05, 0.1) is 5.75 Å². The Morgan fingerprint density at radius 2 is 1.85 bits per heavy atom. The number of carbonyl (C=O) groups excluding carboxylic acids is 2. The van der Waals surface area contributed by atoms with Crippen molar-refractivity contribution in [3.8, 4) is 0 Å². The van der Waals surface area contributed by atoms with Gasteiger partial charge < -0.3 is 10.6 Å². The number of amides is 2. The fraction of sp³-hybridized carbons (Fsp3) is 0.200. The molecule has 10 heteroatoms. The molecule has 0 unspecified atom stereocenters. The normalized spacial score (nSPS) is 10.1. The van der Waals surface area contributed by atoms with Crippen LogP contribution in [0.25, 0.3) is 0 Å². The standard InChI is InChI=1S/C10H10N6O3S/c1-6(17)13-8-9(16-19-15-8)14-7(18)5-20-10-11-3-2-4-12-10/h2-4H,5H2,1H3,(H,13,15,17)(H,14,16,18). The lowest BCUT2D eigenvalue weighted by molar-refractivity contribution is -0.115. The van der Waals surface area contributed by atoms with E-state index in [1.807, 2.05) is 0 Å². The molecule has 2 amide bonds. The van der Waals surface area contributed by atoms with E-state index in [1.165, 1.54) is 18.7 Å². The maximum absolute atomic E-state index is 11.7. The Morgan fingerprint density at radius 3 is 2.50 bits per heavy atom. The van der Waals surface area contributed by atoms with Gasteiger partial charge in [0, 0.05) is 19.3 Å². The van der Waals surface area contributed by atoms with E-state index in [0.29, 0.717) is 5.16 Å². The molecular weight excluding hydrogens is 284 g/mol. The van der Waals surface area contributed by atoms with E-state index in [1.54, 1.807) is 18.5 Å². The molecule has 0 aromatic carbocycles. The Morgan fingerprint density at radius 1 is 1.20 bits per heavy atom. The Labute approximate surface area is 117 Å². The monoisotopic (exact) mass is 294 g/mol. The number of thioether (sulfide) groups is 1. The lowest BCUT2D eigenvalue weighted by atomic mass is 10.5. The molecule has 0 fully saturated rings. The molecule has 0 radical (unpaired) electrons. The molecular formula is C10H10N6O3S. The second-order valence-corrected chi connectivity index (χ2v) is 4.45. The van der Waals surface area contributed by atoms with Crippen LogP contribution >= 0.6 is 11.8 Å². The molecule has 2 aromatic rings. The van der Waals surface area contributed by atoms with Crippen LogP contribution in [-0.4, -0.2) is 37.8 Å². The van der Waals surface area contributed by atoms with Crippen molar-refractivity contribution in [1.82, 2.24) is 20.3 Å². The van der Waals surface area contributed by atoms with Crippen LogP contribution in [0.2, 0.25) is 0 Å². The van der Waals surface area contributed by atoms with Gasteiger partial charge in [0.2, 0.25) is 23.5 Å². The van der Waals surface area contributed by atoms with Gasteiger partial charge in [0.15, 0.2) is 5.16 Å². The maximum atomic E-state index is 11.7. The minimum Gasteiger partial charge on any atom is -0.305 e. The van der Waals surface area contributed by atoms with E-state index in [9.17, 15) is 9.59 Å². The summed E-state index contributed by atoms with van der Waals surface area (Å²) in [5.41, 5.74) is 0. The van der Waals surface area contributed by atoms with Gasteiger partial charge in [-0.1, -0.05) is 11.8 Å². The average Bonchev–Trinajstić information content (AvgIpc) is 2.84. The number of nitrogens with zero attached hydrogens (tertiary/aromatic N) is 4. The molecule has 0 spiro atoms. The van der Waals surface area contributed by atoms with Crippen molar-refractivity contribution in [1.29, 1.82) is 0 Å². The number of rotatable bonds is 5. The van der Waals surface area contributed by atoms with Crippen LogP contribution in [0, 0.1) is 0 Å². The summed E-state index contributed by atoms with van der Waals surface area (Å²) in [4.78, 5) is 30.6. The van der Waals surface area contributed by atoms with Crippen LogP contribution in [0.15, 0.2) is 28.2 Å². The molecule has 0 aliphatic carbocycles. The van der Waals surface area contributed by atoms with Crippen LogP contribution in [0.1, 0.15) is 6.92 Å². The van der Waals surface area contributed by atoms with E-state index in [0.717, 1.165) is 0 Å². The van der Waals surface area contributed by atoms with Crippen molar-refractivity contribution in [2.75, 3.05) is 16.4 Å². The summed E-state index contributed by atoms with van der Waals surface area (Å²) < 4.78 is 4.45. The van der Waals surface area contributed by atoms with Gasteiger partial charge in [-0.05, 0) is 16.4 Å². The quantitative estimate of drug-likeness (QED) is 0.605. The van der Waals surface area contributed by atoms with Crippen LogP contribution in [0.4, 0.5) is 11.6 Å². The maximum Gasteiger partial charge on any atom is 0.236 e. The third-order valence-corrected chi connectivity index (χ3v) is 2.79. The fourth-order valence-corrected chi connectivity index (χ4v) is 1.78. The summed E-state index contributed by atoms with van der Waals surface area (Å²) in [6.07, 6.45) is 3.17. The summed E-state index contributed by atoms with van der Waals surface area (Å²) in [5, 5.41) is 12.3. The first kappa shape index (κ1) is 13.9. The zero-order chi connectivity index (χ0) is 14.4. The topological polar surface area (TPSA) is 123 Å². The molecule has 0 atom stereocenters. The van der Waals surface area contributed by atoms with Crippen molar-refractivity contribution in [3.63, 3.8) is 0 Å². The van der Waals surface area contributed by atoms with E-state index < -0.39 is 0 Å². The number of hydrogen-bond acceptors (Lipinski definition) is 8. The van der Waals surface area contributed by atoms with Crippen molar-refractivity contribution in [2.24, 2.45) is 0 Å². The highest BCUT2D eigenvalue weighted by molar-refractivity contribution is 7.99. The highest BCUT2D eigenvalue weighted by Gasteiger charge is 2.14. The second-order valence-electron chi connectivity index (χ2n) is 3.51. The third kappa shape index (κ3) is 4.02. The van der Waals surface area contributed by atoms with Gasteiger partial charge in [0.1, 0.15) is 0 Å². The first-order valence-electron chi connectivity index (χ1n) is 5.45. The molecule has 20 heavy (non-hydrogen) atoms. The Bertz CT molecular complexity index is 602. The van der Waals surface area contributed by atoms with Crippen molar-refractivity contribution in [2.45, 2.75) is 12.1 Å². The number of anilines is 2. The largest absolute Gasteiger partial charge is 0.305 e. The Kier molecular flexibility index (Phi) is 4.60. The van der Waals surface area contributed by atoms with E-state index in [2.05, 4.69) is 35.5 Å². The minimum absolute atomic E-state index is 0.0554. The summed E-state index contributed by atoms with van der Waals surface area (Å²) in [5.74, 6) is -0.476. The van der Waals surface area contributed by atoms with Gasteiger partial charge in [-0.3, -0.25) is 9.59 Å². The zero-order valence-electron chi connectivity index (χ0n) is 10.4. The zero-order valence-corrected chi connectivity index (χ0v) is 11.2. The highest BCUT2D eigenvalue weighted by Crippen LogP contribution is 2.17. The molecule has 0 bridgehead atoms. The van der Waals surface area contributed by atoms with Gasteiger partial charge in [0.25, 0.3) is 0 Å². The Hall–Kier alpha value is -2.49. The van der Waals surface area contributed by atoms with Crippen molar-refractivity contribution < 1.29 is 14.2 Å². The molecule has 0 saturated heterocycles. The summed E-state index contributed by atoms with van der Waals surface area (Å²) >= 11 is 1.17. The second kappa shape index (κ2) is 6.61. The van der Waals surface area contributed by atoms with E-state index >= 15 is 0 Å². The van der Waals surface area contributed by atoms with Crippen LogP contribution in [0.3, 0.4) is 0 Å². The molecule has 2 rings (SSSR count). The SMILES string of the molecule is CC(=O)Nc1nonc1NC(=O)CSc1ncccn1. The third-order valence-electron chi connectivity index (χ3n) is 1.92. The molecule has 2 aromatic heterocycles. The number of carbonyl (C=O) groups is 2. The molecule has 0 saturated carbocycles. The summed E-state index contributed by atoms with van der Waals surface area (Å²) in [7, 11) is 0. The molecule has 9 nitrogen and oxygen atoms in total. The molecule has 2 N–H and O–H groups in total. The number of nitrogens with one attached hydrogen (secondary N) is 2. The van der Waals surface area contributed by atoms with Gasteiger partial charge in [-0.25, -0.2) is 14.6 Å². The van der Waals surface area contributed by atoms with Crippen LogP contribution in [-0.2, 0) is 9.59 Å². The first-order valence-corrected chi connectivity index (χ1v) is 6.43. The van der Waals surface area contributed by atoms with Crippen LogP contribution in [0.5, 0.6) is 0 Å². The van der Waals surface area contributed by atoms with E-state index in [-0.39, 0.29) is 29.2 Å². The van der Waals surface area contributed by atoms with Crippen LogP contribution < -0.4 is 10.6 Å². The molecule has 2 heterocycles. The van der Waals surface area contributed by atoms with E-state index in [4.69, 9.17) is 0 Å².